The third kappa shape index (κ3) is 5.47. The predicted molar refractivity (Wildman–Crippen MR) is 74.5 cm³/mol. The van der Waals surface area contributed by atoms with Gasteiger partial charge >= 0.3 is 6.36 Å². The van der Waals surface area contributed by atoms with Crippen LogP contribution in [0.1, 0.15) is 18.4 Å². The fourth-order valence-electron chi connectivity index (χ4n) is 2.59. The SMILES string of the molecule is NS(=O)(=O)C[C@@H]1CCCN1Cc1ccc(OC(F)(F)F)cc1. The highest BCUT2D eigenvalue weighted by molar-refractivity contribution is 7.89. The van der Waals surface area contributed by atoms with E-state index in [0.29, 0.717) is 6.54 Å². The molecule has 9 heteroatoms. The first-order valence-corrected chi connectivity index (χ1v) is 8.43. The quantitative estimate of drug-likeness (QED) is 0.889. The zero-order chi connectivity index (χ0) is 16.4. The number of alkyl halides is 3. The Labute approximate surface area is 126 Å². The largest absolute Gasteiger partial charge is 0.573 e. The molecule has 1 saturated heterocycles. The minimum atomic E-state index is -4.71. The molecule has 0 aromatic heterocycles. The van der Waals surface area contributed by atoms with E-state index in [2.05, 4.69) is 4.74 Å². The first-order chi connectivity index (χ1) is 10.1. The van der Waals surface area contributed by atoms with Crippen LogP contribution in [0.2, 0.25) is 0 Å². The van der Waals surface area contributed by atoms with E-state index >= 15 is 0 Å². The van der Waals surface area contributed by atoms with Crippen LogP contribution in [-0.4, -0.2) is 38.0 Å². The molecule has 5 nitrogen and oxygen atoms in total. The van der Waals surface area contributed by atoms with Gasteiger partial charge in [-0.05, 0) is 37.1 Å². The summed E-state index contributed by atoms with van der Waals surface area (Å²) in [5.74, 6) is -0.388. The van der Waals surface area contributed by atoms with Gasteiger partial charge in [-0.1, -0.05) is 12.1 Å². The minimum Gasteiger partial charge on any atom is -0.406 e. The molecule has 0 unspecified atom stereocenters. The number of nitrogens with zero attached hydrogens (tertiary/aromatic N) is 1. The lowest BCUT2D eigenvalue weighted by atomic mass is 10.2. The molecule has 0 bridgehead atoms. The Bertz CT molecular complexity index is 602. The molecule has 1 fully saturated rings. The van der Waals surface area contributed by atoms with Crippen LogP contribution in [0.15, 0.2) is 24.3 Å². The highest BCUT2D eigenvalue weighted by Gasteiger charge is 2.31. The molecule has 0 spiro atoms. The Morgan fingerprint density at radius 1 is 1.27 bits per heavy atom. The van der Waals surface area contributed by atoms with Crippen molar-refractivity contribution in [3.05, 3.63) is 29.8 Å². The van der Waals surface area contributed by atoms with Gasteiger partial charge in [0.15, 0.2) is 0 Å². The maximum absolute atomic E-state index is 12.1. The zero-order valence-electron chi connectivity index (χ0n) is 11.7. The molecule has 1 aromatic rings. The molecule has 124 valence electrons. The van der Waals surface area contributed by atoms with Gasteiger partial charge in [-0.25, -0.2) is 13.6 Å². The number of sulfonamides is 1. The van der Waals surface area contributed by atoms with E-state index in [1.165, 1.54) is 24.3 Å². The normalized spacial score (nSPS) is 20.3. The van der Waals surface area contributed by atoms with Gasteiger partial charge in [-0.2, -0.15) is 0 Å². The number of hydrogen-bond donors (Lipinski definition) is 1. The van der Waals surface area contributed by atoms with Crippen LogP contribution in [0.25, 0.3) is 0 Å². The molecule has 22 heavy (non-hydrogen) atoms. The van der Waals surface area contributed by atoms with Crippen molar-refractivity contribution in [1.82, 2.24) is 4.90 Å². The number of hydrogen-bond acceptors (Lipinski definition) is 4. The number of nitrogens with two attached hydrogens (primary N) is 1. The van der Waals surface area contributed by atoms with Crippen LogP contribution in [0, 0.1) is 0 Å². The number of likely N-dealkylation sites (tertiary alicyclic amines) is 1. The summed E-state index contributed by atoms with van der Waals surface area (Å²) >= 11 is 0. The van der Waals surface area contributed by atoms with Crippen molar-refractivity contribution in [3.63, 3.8) is 0 Å². The molecule has 1 heterocycles. The van der Waals surface area contributed by atoms with Crippen molar-refractivity contribution in [2.45, 2.75) is 31.8 Å². The molecular weight excluding hydrogens is 321 g/mol. The molecular formula is C13H17F3N2O3S. The second kappa shape index (κ2) is 6.43. The van der Waals surface area contributed by atoms with Crippen LogP contribution < -0.4 is 9.88 Å². The summed E-state index contributed by atoms with van der Waals surface area (Å²) in [6.45, 7) is 1.20. The summed E-state index contributed by atoms with van der Waals surface area (Å²) in [7, 11) is -3.55. The van der Waals surface area contributed by atoms with E-state index in [-0.39, 0.29) is 17.5 Å². The van der Waals surface area contributed by atoms with Gasteiger partial charge < -0.3 is 4.74 Å². The van der Waals surface area contributed by atoms with Gasteiger partial charge in [-0.15, -0.1) is 13.2 Å². The molecule has 1 aliphatic rings. The van der Waals surface area contributed by atoms with Crippen molar-refractivity contribution in [2.75, 3.05) is 12.3 Å². The van der Waals surface area contributed by atoms with E-state index in [0.717, 1.165) is 24.9 Å². The monoisotopic (exact) mass is 338 g/mol. The molecule has 0 aliphatic carbocycles. The summed E-state index contributed by atoms with van der Waals surface area (Å²) in [5, 5.41) is 5.07. The molecule has 1 atom stereocenters. The van der Waals surface area contributed by atoms with Gasteiger partial charge in [-0.3, -0.25) is 4.90 Å². The van der Waals surface area contributed by atoms with Crippen LogP contribution in [-0.2, 0) is 16.6 Å². The lowest BCUT2D eigenvalue weighted by molar-refractivity contribution is -0.274. The molecule has 1 aromatic carbocycles. The first-order valence-electron chi connectivity index (χ1n) is 6.71. The average molecular weight is 338 g/mol. The van der Waals surface area contributed by atoms with Crippen LogP contribution in [0.5, 0.6) is 5.75 Å². The lowest BCUT2D eigenvalue weighted by Gasteiger charge is -2.23. The topological polar surface area (TPSA) is 72.6 Å². The Balaban J connectivity index is 1.98. The third-order valence-electron chi connectivity index (χ3n) is 3.47. The second-order valence-electron chi connectivity index (χ2n) is 5.29. The van der Waals surface area contributed by atoms with Crippen molar-refractivity contribution < 1.29 is 26.3 Å². The molecule has 1 aliphatic heterocycles. The number of rotatable bonds is 5. The summed E-state index contributed by atoms with van der Waals surface area (Å²) < 4.78 is 62.4. The summed E-state index contributed by atoms with van der Waals surface area (Å²) in [6, 6.07) is 5.41. The predicted octanol–water partition coefficient (Wildman–Crippen LogP) is 1.84. The van der Waals surface area contributed by atoms with Gasteiger partial charge in [0.1, 0.15) is 5.75 Å². The average Bonchev–Trinajstić information content (AvgIpc) is 2.75. The number of primary sulfonamides is 1. The number of benzene rings is 1. The maximum atomic E-state index is 12.1. The first kappa shape index (κ1) is 17.0. The van der Waals surface area contributed by atoms with E-state index in [9.17, 15) is 21.6 Å². The summed E-state index contributed by atoms with van der Waals surface area (Å²) in [6.07, 6.45) is -3.10. The van der Waals surface area contributed by atoms with Crippen LogP contribution in [0.4, 0.5) is 13.2 Å². The molecule has 2 rings (SSSR count). The van der Waals surface area contributed by atoms with Crippen LogP contribution in [0.3, 0.4) is 0 Å². The fourth-order valence-corrected chi connectivity index (χ4v) is 3.51. The van der Waals surface area contributed by atoms with Crippen LogP contribution >= 0.6 is 0 Å². The Hall–Kier alpha value is -1.32. The van der Waals surface area contributed by atoms with Gasteiger partial charge in [0.2, 0.25) is 10.0 Å². The summed E-state index contributed by atoms with van der Waals surface area (Å²) in [4.78, 5) is 1.98. The third-order valence-corrected chi connectivity index (χ3v) is 4.32. The van der Waals surface area contributed by atoms with Gasteiger partial charge in [0.05, 0.1) is 5.75 Å². The lowest BCUT2D eigenvalue weighted by Crippen LogP contribution is -2.36. The molecule has 0 saturated carbocycles. The van der Waals surface area contributed by atoms with E-state index in [4.69, 9.17) is 5.14 Å². The zero-order valence-corrected chi connectivity index (χ0v) is 12.5. The number of halogens is 3. The van der Waals surface area contributed by atoms with E-state index in [1.807, 2.05) is 4.90 Å². The van der Waals surface area contributed by atoms with Crippen molar-refractivity contribution in [1.29, 1.82) is 0 Å². The highest BCUT2D eigenvalue weighted by Crippen LogP contribution is 2.25. The van der Waals surface area contributed by atoms with Crippen molar-refractivity contribution in [2.24, 2.45) is 5.14 Å². The smallest absolute Gasteiger partial charge is 0.406 e. The van der Waals surface area contributed by atoms with Gasteiger partial charge in [0.25, 0.3) is 0 Å². The van der Waals surface area contributed by atoms with Crippen molar-refractivity contribution in [3.8, 4) is 5.75 Å². The van der Waals surface area contributed by atoms with Gasteiger partial charge in [0, 0.05) is 12.6 Å². The summed E-state index contributed by atoms with van der Waals surface area (Å²) in [5.41, 5.74) is 0.788. The molecule has 0 radical (unpaired) electrons. The van der Waals surface area contributed by atoms with E-state index in [1.54, 1.807) is 0 Å². The van der Waals surface area contributed by atoms with E-state index < -0.39 is 16.4 Å². The minimum absolute atomic E-state index is 0.109. The highest BCUT2D eigenvalue weighted by atomic mass is 32.2. The number of ether oxygens (including phenoxy) is 1. The Morgan fingerprint density at radius 3 is 2.45 bits per heavy atom. The molecule has 2 N–H and O–H groups in total. The van der Waals surface area contributed by atoms with Crippen molar-refractivity contribution >= 4 is 10.0 Å². The Kier molecular flexibility index (Phi) is 4.98. The second-order valence-corrected chi connectivity index (χ2v) is 6.95. The fraction of sp³-hybridized carbons (Fsp3) is 0.538. The molecule has 0 amide bonds. The Morgan fingerprint density at radius 2 is 1.91 bits per heavy atom. The standard InChI is InChI=1S/C13H17F3N2O3S/c14-13(15,16)21-12-5-3-10(4-6-12)8-18-7-1-2-11(18)9-22(17,19)20/h3-6,11H,1-2,7-9H2,(H2,17,19,20)/t11-/m0/s1. The maximum Gasteiger partial charge on any atom is 0.573 e.